The lowest BCUT2D eigenvalue weighted by Gasteiger charge is -2.07. The average molecular weight is 389 g/mol. The van der Waals surface area contributed by atoms with Gasteiger partial charge in [-0.1, -0.05) is 0 Å². The molecule has 3 rings (SSSR count). The fraction of sp³-hybridized carbons (Fsp3) is 0.286. The van der Waals surface area contributed by atoms with Crippen molar-refractivity contribution in [3.8, 4) is 0 Å². The summed E-state index contributed by atoms with van der Waals surface area (Å²) >= 11 is 0. The van der Waals surface area contributed by atoms with E-state index in [1.54, 1.807) is 13.1 Å². The lowest BCUT2D eigenvalue weighted by atomic mass is 10.3. The Kier molecular flexibility index (Phi) is 4.68. The Labute approximate surface area is 148 Å². The van der Waals surface area contributed by atoms with Crippen molar-refractivity contribution in [1.82, 2.24) is 24.4 Å². The van der Waals surface area contributed by atoms with Crippen molar-refractivity contribution in [2.75, 3.05) is 17.7 Å². The summed E-state index contributed by atoms with van der Waals surface area (Å²) in [5, 5.41) is 11.8. The summed E-state index contributed by atoms with van der Waals surface area (Å²) < 4.78 is 65.8. The number of aromatic nitrogens is 5. The van der Waals surface area contributed by atoms with E-state index >= 15 is 0 Å². The molecule has 8 nitrogen and oxygen atoms in total. The summed E-state index contributed by atoms with van der Waals surface area (Å²) in [6, 6.07) is 1.58. The first-order valence-electron chi connectivity index (χ1n) is 7.45. The maximum absolute atomic E-state index is 13.1. The van der Waals surface area contributed by atoms with Gasteiger partial charge in [0, 0.05) is 19.4 Å². The van der Waals surface area contributed by atoms with Gasteiger partial charge in [-0.05, 0) is 6.07 Å². The van der Waals surface area contributed by atoms with Gasteiger partial charge in [-0.2, -0.15) is 23.4 Å². The van der Waals surface area contributed by atoms with Crippen LogP contribution in [0.5, 0.6) is 0 Å². The number of nitrogens with zero attached hydrogens (tertiary/aromatic N) is 5. The minimum Gasteiger partial charge on any atom is -0.373 e. The van der Waals surface area contributed by atoms with Crippen LogP contribution in [-0.4, -0.2) is 43.8 Å². The van der Waals surface area contributed by atoms with Crippen molar-refractivity contribution in [3.05, 3.63) is 35.9 Å². The van der Waals surface area contributed by atoms with Gasteiger partial charge in [0.1, 0.15) is 17.9 Å². The van der Waals surface area contributed by atoms with E-state index < -0.39 is 36.4 Å². The van der Waals surface area contributed by atoms with E-state index in [9.17, 15) is 26.7 Å². The number of carbonyl (C=O) groups is 1. The van der Waals surface area contributed by atoms with Gasteiger partial charge in [0.2, 0.25) is 0 Å². The third kappa shape index (κ3) is 3.80. The molecule has 0 aliphatic carbocycles. The van der Waals surface area contributed by atoms with Crippen LogP contribution in [0.3, 0.4) is 0 Å². The maximum Gasteiger partial charge on any atom is 0.437 e. The SMILES string of the molecule is CNc1ccn2ncc(C(=O)Nc3cn(CC(F)F)nc3C(F)(F)F)c2n1. The average Bonchev–Trinajstić information content (AvgIpc) is 3.17. The number of anilines is 2. The van der Waals surface area contributed by atoms with Crippen molar-refractivity contribution in [1.29, 1.82) is 0 Å². The van der Waals surface area contributed by atoms with Gasteiger partial charge in [0.25, 0.3) is 12.3 Å². The number of fused-ring (bicyclic) bond motifs is 1. The molecule has 0 saturated heterocycles. The molecule has 0 radical (unpaired) electrons. The monoisotopic (exact) mass is 389 g/mol. The van der Waals surface area contributed by atoms with Crippen LogP contribution in [0.15, 0.2) is 24.7 Å². The summed E-state index contributed by atoms with van der Waals surface area (Å²) in [4.78, 5) is 16.5. The maximum atomic E-state index is 13.1. The third-order valence-corrected chi connectivity index (χ3v) is 3.47. The summed E-state index contributed by atoms with van der Waals surface area (Å²) in [6.07, 6.45) is -4.50. The Morgan fingerprint density at radius 2 is 2.07 bits per heavy atom. The van der Waals surface area contributed by atoms with Gasteiger partial charge in [-0.15, -0.1) is 0 Å². The Hall–Kier alpha value is -3.25. The first-order valence-corrected chi connectivity index (χ1v) is 7.45. The first kappa shape index (κ1) is 18.5. The van der Waals surface area contributed by atoms with Crippen LogP contribution in [0.2, 0.25) is 0 Å². The second-order valence-electron chi connectivity index (χ2n) is 5.35. The molecule has 0 aromatic carbocycles. The molecule has 3 aromatic heterocycles. The van der Waals surface area contributed by atoms with Crippen LogP contribution >= 0.6 is 0 Å². The Bertz CT molecular complexity index is 978. The summed E-state index contributed by atoms with van der Waals surface area (Å²) in [6.45, 7) is -1.04. The molecule has 0 spiro atoms. The van der Waals surface area contributed by atoms with E-state index in [0.717, 1.165) is 6.20 Å². The fourth-order valence-corrected chi connectivity index (χ4v) is 2.32. The number of hydrogen-bond acceptors (Lipinski definition) is 5. The molecule has 144 valence electrons. The molecule has 1 amide bonds. The molecule has 0 fully saturated rings. The Balaban J connectivity index is 1.95. The Morgan fingerprint density at radius 1 is 1.33 bits per heavy atom. The lowest BCUT2D eigenvalue weighted by molar-refractivity contribution is -0.141. The molecule has 0 atom stereocenters. The number of carbonyl (C=O) groups excluding carboxylic acids is 1. The van der Waals surface area contributed by atoms with Gasteiger partial charge >= 0.3 is 6.18 Å². The second kappa shape index (κ2) is 6.81. The number of nitrogens with one attached hydrogen (secondary N) is 2. The molecule has 27 heavy (non-hydrogen) atoms. The van der Waals surface area contributed by atoms with Crippen LogP contribution in [-0.2, 0) is 12.7 Å². The van der Waals surface area contributed by atoms with Crippen molar-refractivity contribution < 1.29 is 26.7 Å². The van der Waals surface area contributed by atoms with Gasteiger partial charge in [0.05, 0.1) is 11.9 Å². The topological polar surface area (TPSA) is 89.1 Å². The zero-order valence-corrected chi connectivity index (χ0v) is 13.6. The molecule has 0 bridgehead atoms. The largest absolute Gasteiger partial charge is 0.437 e. The quantitative estimate of drug-likeness (QED) is 0.655. The molecule has 0 unspecified atom stereocenters. The van der Waals surface area contributed by atoms with E-state index in [2.05, 4.69) is 20.5 Å². The van der Waals surface area contributed by atoms with E-state index in [4.69, 9.17) is 0 Å². The zero-order valence-electron chi connectivity index (χ0n) is 13.6. The molecule has 13 heteroatoms. The normalized spacial score (nSPS) is 12.0. The predicted octanol–water partition coefficient (Wildman–Crippen LogP) is 2.50. The second-order valence-corrected chi connectivity index (χ2v) is 5.35. The molecule has 0 aliphatic rings. The molecule has 2 N–H and O–H groups in total. The predicted molar refractivity (Wildman–Crippen MR) is 83.7 cm³/mol. The molecular weight excluding hydrogens is 377 g/mol. The summed E-state index contributed by atoms with van der Waals surface area (Å²) in [5.41, 5.74) is -2.20. The molecular formula is C14H12F5N7O. The molecule has 0 saturated carbocycles. The minimum atomic E-state index is -4.94. The smallest absolute Gasteiger partial charge is 0.373 e. The van der Waals surface area contributed by atoms with Gasteiger partial charge in [-0.3, -0.25) is 9.48 Å². The molecule has 3 heterocycles. The highest BCUT2D eigenvalue weighted by atomic mass is 19.4. The minimum absolute atomic E-state index is 0.0955. The van der Waals surface area contributed by atoms with Crippen molar-refractivity contribution in [2.45, 2.75) is 19.1 Å². The highest BCUT2D eigenvalue weighted by Crippen LogP contribution is 2.34. The fourth-order valence-electron chi connectivity index (χ4n) is 2.32. The van der Waals surface area contributed by atoms with E-state index in [1.807, 2.05) is 5.32 Å². The van der Waals surface area contributed by atoms with Crippen LogP contribution in [0.4, 0.5) is 33.5 Å². The third-order valence-electron chi connectivity index (χ3n) is 3.47. The van der Waals surface area contributed by atoms with Gasteiger partial charge in [-0.25, -0.2) is 18.3 Å². The van der Waals surface area contributed by atoms with Crippen molar-refractivity contribution in [3.63, 3.8) is 0 Å². The number of rotatable bonds is 5. The highest BCUT2D eigenvalue weighted by Gasteiger charge is 2.38. The Morgan fingerprint density at radius 3 is 2.70 bits per heavy atom. The number of amides is 1. The van der Waals surface area contributed by atoms with Crippen LogP contribution < -0.4 is 10.6 Å². The van der Waals surface area contributed by atoms with E-state index in [1.165, 1.54) is 10.7 Å². The highest BCUT2D eigenvalue weighted by molar-refractivity contribution is 6.08. The molecule has 0 aliphatic heterocycles. The first-order chi connectivity index (χ1) is 12.7. The van der Waals surface area contributed by atoms with Crippen molar-refractivity contribution in [2.24, 2.45) is 0 Å². The summed E-state index contributed by atoms with van der Waals surface area (Å²) in [7, 11) is 1.60. The van der Waals surface area contributed by atoms with Gasteiger partial charge < -0.3 is 10.6 Å². The standard InChI is InChI=1S/C14H12F5N7O/c1-20-10-2-3-26-12(23-10)7(4-21-26)13(27)22-8-5-25(6-9(15)16)24-11(8)14(17,18)19/h2-5,9H,6H2,1H3,(H,20,23)(H,22,27). The number of halogens is 5. The van der Waals surface area contributed by atoms with Crippen molar-refractivity contribution >= 4 is 23.1 Å². The molecule has 3 aromatic rings. The summed E-state index contributed by atoms with van der Waals surface area (Å²) in [5.74, 6) is -0.523. The van der Waals surface area contributed by atoms with Gasteiger partial charge in [0.15, 0.2) is 11.3 Å². The van der Waals surface area contributed by atoms with Crippen LogP contribution in [0.25, 0.3) is 5.65 Å². The van der Waals surface area contributed by atoms with Crippen LogP contribution in [0.1, 0.15) is 16.1 Å². The van der Waals surface area contributed by atoms with Crippen LogP contribution in [0, 0.1) is 0 Å². The number of hydrogen-bond donors (Lipinski definition) is 2. The zero-order chi connectivity index (χ0) is 19.8. The van der Waals surface area contributed by atoms with E-state index in [0.29, 0.717) is 16.7 Å². The van der Waals surface area contributed by atoms with E-state index in [-0.39, 0.29) is 11.2 Å². The lowest BCUT2D eigenvalue weighted by Crippen LogP contribution is -2.16. The number of alkyl halides is 5.